The topological polar surface area (TPSA) is 25.8 Å². The van der Waals surface area contributed by atoms with Gasteiger partial charge in [0.15, 0.2) is 0 Å². The molecule has 0 unspecified atom stereocenters. The van der Waals surface area contributed by atoms with Crippen molar-refractivity contribution < 1.29 is 0 Å². The summed E-state index contributed by atoms with van der Waals surface area (Å²) in [6.45, 7) is 0. The number of fused-ring (bicyclic) bond motifs is 6. The van der Waals surface area contributed by atoms with E-state index in [1.54, 1.807) is 0 Å². The molecule has 0 atom stereocenters. The van der Waals surface area contributed by atoms with Crippen LogP contribution in [0.4, 0.5) is 0 Å². The van der Waals surface area contributed by atoms with E-state index in [-0.39, 0.29) is 0 Å². The second kappa shape index (κ2) is 10.1. The van der Waals surface area contributed by atoms with Crippen molar-refractivity contribution in [2.45, 2.75) is 0 Å². The zero-order chi connectivity index (χ0) is 27.9. The van der Waals surface area contributed by atoms with Crippen molar-refractivity contribution in [1.82, 2.24) is 9.97 Å². The second-order valence-corrected chi connectivity index (χ2v) is 10.5. The minimum atomic E-state index is 0.924. The zero-order valence-electron chi connectivity index (χ0n) is 22.9. The quantitative estimate of drug-likeness (QED) is 0.210. The van der Waals surface area contributed by atoms with E-state index in [9.17, 15) is 0 Å². The molecule has 0 aliphatic heterocycles. The maximum absolute atomic E-state index is 4.92. The lowest BCUT2D eigenvalue weighted by Crippen LogP contribution is -1.97. The lowest BCUT2D eigenvalue weighted by atomic mass is 9.82. The summed E-state index contributed by atoms with van der Waals surface area (Å²) >= 11 is 0. The molecular formula is C40H26N2. The van der Waals surface area contributed by atoms with Crippen LogP contribution in [0.2, 0.25) is 0 Å². The summed E-state index contributed by atoms with van der Waals surface area (Å²) in [6.07, 6.45) is 3.74. The van der Waals surface area contributed by atoms with Crippen LogP contribution >= 0.6 is 0 Å². The van der Waals surface area contributed by atoms with Crippen LogP contribution in [-0.2, 0) is 0 Å². The Morgan fingerprint density at radius 3 is 1.48 bits per heavy atom. The Morgan fingerprint density at radius 1 is 0.310 bits per heavy atom. The molecule has 42 heavy (non-hydrogen) atoms. The Bertz CT molecular complexity index is 2180. The number of benzene rings is 6. The summed E-state index contributed by atoms with van der Waals surface area (Å²) in [5.74, 6) is 0. The highest BCUT2D eigenvalue weighted by Gasteiger charge is 2.23. The molecule has 0 amide bonds. The van der Waals surface area contributed by atoms with E-state index in [0.29, 0.717) is 0 Å². The van der Waals surface area contributed by atoms with Gasteiger partial charge >= 0.3 is 0 Å². The van der Waals surface area contributed by atoms with Crippen molar-refractivity contribution in [3.05, 3.63) is 158 Å². The molecule has 0 aliphatic rings. The van der Waals surface area contributed by atoms with Gasteiger partial charge in [0.2, 0.25) is 0 Å². The molecule has 0 radical (unpaired) electrons. The predicted octanol–water partition coefficient (Wildman–Crippen LogP) is 10.6. The van der Waals surface area contributed by atoms with E-state index in [0.717, 1.165) is 28.1 Å². The van der Waals surface area contributed by atoms with E-state index in [1.807, 2.05) is 30.6 Å². The zero-order valence-corrected chi connectivity index (χ0v) is 22.9. The average Bonchev–Trinajstić information content (AvgIpc) is 3.08. The molecular weight excluding hydrogens is 508 g/mol. The van der Waals surface area contributed by atoms with Crippen molar-refractivity contribution in [2.75, 3.05) is 0 Å². The minimum Gasteiger partial charge on any atom is -0.256 e. The average molecular weight is 535 g/mol. The highest BCUT2D eigenvalue weighted by molar-refractivity contribution is 6.29. The van der Waals surface area contributed by atoms with Gasteiger partial charge in [0, 0.05) is 29.1 Å². The lowest BCUT2D eigenvalue weighted by molar-refractivity contribution is 1.30. The molecule has 8 rings (SSSR count). The van der Waals surface area contributed by atoms with Crippen molar-refractivity contribution in [1.29, 1.82) is 0 Å². The normalized spacial score (nSPS) is 11.3. The summed E-state index contributed by atoms with van der Waals surface area (Å²) in [6, 6.07) is 51.7. The van der Waals surface area contributed by atoms with Crippen LogP contribution in [0.3, 0.4) is 0 Å². The Hall–Kier alpha value is -5.60. The summed E-state index contributed by atoms with van der Waals surface area (Å²) in [7, 11) is 0. The molecule has 0 aliphatic carbocycles. The summed E-state index contributed by atoms with van der Waals surface area (Å²) in [4.78, 5) is 9.72. The third kappa shape index (κ3) is 3.88. The third-order valence-corrected chi connectivity index (χ3v) is 8.19. The van der Waals surface area contributed by atoms with Crippen molar-refractivity contribution in [3.63, 3.8) is 0 Å². The van der Waals surface area contributed by atoms with Gasteiger partial charge < -0.3 is 0 Å². The Morgan fingerprint density at radius 2 is 0.833 bits per heavy atom. The molecule has 8 aromatic rings. The first kappa shape index (κ1) is 24.2. The van der Waals surface area contributed by atoms with E-state index in [2.05, 4.69) is 127 Å². The first-order valence-corrected chi connectivity index (χ1v) is 14.3. The third-order valence-electron chi connectivity index (χ3n) is 8.19. The van der Waals surface area contributed by atoms with Crippen molar-refractivity contribution in [3.8, 4) is 44.8 Å². The summed E-state index contributed by atoms with van der Waals surface area (Å²) in [5, 5.41) is 7.53. The van der Waals surface area contributed by atoms with Gasteiger partial charge in [-0.25, -0.2) is 0 Å². The monoisotopic (exact) mass is 534 g/mol. The van der Waals surface area contributed by atoms with Crippen LogP contribution in [-0.4, -0.2) is 9.97 Å². The van der Waals surface area contributed by atoms with Gasteiger partial charge in [-0.3, -0.25) is 9.97 Å². The molecule has 2 nitrogen and oxygen atoms in total. The maximum Gasteiger partial charge on any atom is 0.0715 e. The number of nitrogens with zero attached hydrogens (tertiary/aromatic N) is 2. The summed E-state index contributed by atoms with van der Waals surface area (Å²) < 4.78 is 0. The Balaban J connectivity index is 1.61. The van der Waals surface area contributed by atoms with Crippen LogP contribution < -0.4 is 0 Å². The number of aromatic nitrogens is 2. The minimum absolute atomic E-state index is 0.924. The fourth-order valence-electron chi connectivity index (χ4n) is 6.42. The van der Waals surface area contributed by atoms with Gasteiger partial charge in [0.05, 0.1) is 11.4 Å². The Labute approximate surface area is 244 Å². The first-order chi connectivity index (χ1) is 20.9. The highest BCUT2D eigenvalue weighted by Crippen LogP contribution is 2.48. The van der Waals surface area contributed by atoms with Gasteiger partial charge in [0.1, 0.15) is 0 Å². The van der Waals surface area contributed by atoms with E-state index >= 15 is 0 Å². The predicted molar refractivity (Wildman–Crippen MR) is 176 cm³/mol. The molecule has 6 aromatic carbocycles. The van der Waals surface area contributed by atoms with Gasteiger partial charge in [-0.1, -0.05) is 121 Å². The Kier molecular flexibility index (Phi) is 5.82. The molecule has 0 bridgehead atoms. The maximum atomic E-state index is 4.92. The summed E-state index contributed by atoms with van der Waals surface area (Å²) in [5.41, 5.74) is 8.68. The number of hydrogen-bond donors (Lipinski definition) is 0. The largest absolute Gasteiger partial charge is 0.256 e. The van der Waals surface area contributed by atoms with Crippen molar-refractivity contribution >= 4 is 32.3 Å². The van der Waals surface area contributed by atoms with E-state index in [4.69, 9.17) is 9.97 Å². The van der Waals surface area contributed by atoms with Crippen molar-refractivity contribution in [2.24, 2.45) is 0 Å². The molecule has 196 valence electrons. The molecule has 2 heterocycles. The van der Waals surface area contributed by atoms with Crippen LogP contribution in [0, 0.1) is 0 Å². The molecule has 0 N–H and O–H groups in total. The SMILES string of the molecule is c1ccc(-c2ccc(-c3ccccn3)c(-c3ccccn3)c2-c2cccc3c4ccccc4c4ccccc4c23)cc1. The highest BCUT2D eigenvalue weighted by atomic mass is 14.7. The van der Waals surface area contributed by atoms with Gasteiger partial charge in [-0.2, -0.15) is 0 Å². The number of rotatable bonds is 4. The standard InChI is InChI=1S/C40H26N2/c1-2-13-27(14-3-1)28-23-24-34(36-21-8-10-25-41-36)40(37-22-9-11-26-42-37)39(28)35-20-12-19-33-31-16-5-4-15-29(31)30-17-6-7-18-32(30)38(33)35/h1-26H. The van der Waals surface area contributed by atoms with Crippen LogP contribution in [0.5, 0.6) is 0 Å². The van der Waals surface area contributed by atoms with Gasteiger partial charge in [-0.05, 0) is 73.3 Å². The molecule has 0 fully saturated rings. The fraction of sp³-hybridized carbons (Fsp3) is 0. The smallest absolute Gasteiger partial charge is 0.0715 e. The van der Waals surface area contributed by atoms with Crippen LogP contribution in [0.1, 0.15) is 0 Å². The van der Waals surface area contributed by atoms with Crippen LogP contribution in [0.25, 0.3) is 77.1 Å². The van der Waals surface area contributed by atoms with Gasteiger partial charge in [-0.15, -0.1) is 0 Å². The number of hydrogen-bond acceptors (Lipinski definition) is 2. The fourth-order valence-corrected chi connectivity index (χ4v) is 6.42. The molecule has 2 heteroatoms. The number of pyridine rings is 2. The molecule has 0 saturated heterocycles. The van der Waals surface area contributed by atoms with Crippen LogP contribution in [0.15, 0.2) is 158 Å². The van der Waals surface area contributed by atoms with Gasteiger partial charge in [0.25, 0.3) is 0 Å². The lowest BCUT2D eigenvalue weighted by Gasteiger charge is -2.22. The van der Waals surface area contributed by atoms with E-state index in [1.165, 1.54) is 49.0 Å². The van der Waals surface area contributed by atoms with E-state index < -0.39 is 0 Å². The second-order valence-electron chi connectivity index (χ2n) is 10.5. The molecule has 0 saturated carbocycles. The molecule has 2 aromatic heterocycles. The molecule has 0 spiro atoms. The first-order valence-electron chi connectivity index (χ1n) is 14.3.